The largest absolute Gasteiger partial charge is 0.496 e. The summed E-state index contributed by atoms with van der Waals surface area (Å²) >= 11 is 0. The van der Waals surface area contributed by atoms with E-state index in [-0.39, 0.29) is 5.91 Å². The minimum absolute atomic E-state index is 0.290. The van der Waals surface area contributed by atoms with Gasteiger partial charge in [-0.3, -0.25) is 9.78 Å². The van der Waals surface area contributed by atoms with Crippen LogP contribution in [0.2, 0.25) is 0 Å². The number of nitrogens with zero attached hydrogens (tertiary/aromatic N) is 4. The number of carbonyl (C=O) groups is 1. The summed E-state index contributed by atoms with van der Waals surface area (Å²) in [5.41, 5.74) is 3.32. The number of hydrogen-bond acceptors (Lipinski definition) is 7. The first kappa shape index (κ1) is 22.1. The van der Waals surface area contributed by atoms with Gasteiger partial charge in [0.15, 0.2) is 5.82 Å². The first-order valence-corrected chi connectivity index (χ1v) is 11.0. The van der Waals surface area contributed by atoms with Gasteiger partial charge in [-0.05, 0) is 37.3 Å². The molecule has 0 bridgehead atoms. The molecule has 2 N–H and O–H groups in total. The third kappa shape index (κ3) is 4.08. The molecule has 9 nitrogen and oxygen atoms in total. The molecule has 0 fully saturated rings. The Kier molecular flexibility index (Phi) is 5.88. The van der Waals surface area contributed by atoms with E-state index in [0.29, 0.717) is 40.2 Å². The number of hydrogen-bond donors (Lipinski definition) is 2. The van der Waals surface area contributed by atoms with E-state index in [9.17, 15) is 4.79 Å². The summed E-state index contributed by atoms with van der Waals surface area (Å²) in [5, 5.41) is 11.0. The zero-order valence-electron chi connectivity index (χ0n) is 19.5. The number of rotatable bonds is 6. The standard InChI is InChI=1S/C26H24N6O3/c1-16-22(25(33)29-19-9-5-7-11-21(19)35-3)23(18-8-4-6-10-20(18)34-2)32-26(28-16)30-24(31-32)17-12-14-27-15-13-17/h4-15,23H,1-3H3,(H,29,33)(H,28,30,31). The average Bonchev–Trinajstić information content (AvgIpc) is 3.32. The number of anilines is 2. The number of pyridine rings is 1. The van der Waals surface area contributed by atoms with Crippen LogP contribution in [0.5, 0.6) is 11.5 Å². The van der Waals surface area contributed by atoms with Gasteiger partial charge in [0.05, 0.1) is 25.5 Å². The highest BCUT2D eigenvalue weighted by atomic mass is 16.5. The van der Waals surface area contributed by atoms with Gasteiger partial charge in [0.25, 0.3) is 5.91 Å². The van der Waals surface area contributed by atoms with Crippen molar-refractivity contribution in [3.8, 4) is 22.9 Å². The van der Waals surface area contributed by atoms with Crippen molar-refractivity contribution >= 4 is 17.5 Å². The third-order valence-corrected chi connectivity index (χ3v) is 5.82. The van der Waals surface area contributed by atoms with Gasteiger partial charge in [0, 0.05) is 29.2 Å². The number of nitrogens with one attached hydrogen (secondary N) is 2. The Balaban J connectivity index is 1.63. The van der Waals surface area contributed by atoms with Crippen LogP contribution >= 0.6 is 0 Å². The van der Waals surface area contributed by atoms with Crippen LogP contribution in [-0.2, 0) is 4.79 Å². The number of carbonyl (C=O) groups excluding carboxylic acids is 1. The normalized spacial score (nSPS) is 14.7. The van der Waals surface area contributed by atoms with E-state index in [1.165, 1.54) is 0 Å². The first-order valence-electron chi connectivity index (χ1n) is 11.0. The van der Waals surface area contributed by atoms with Gasteiger partial charge in [-0.1, -0.05) is 30.3 Å². The Morgan fingerprint density at radius 2 is 1.66 bits per heavy atom. The van der Waals surface area contributed by atoms with Crippen LogP contribution in [-0.4, -0.2) is 39.9 Å². The molecule has 35 heavy (non-hydrogen) atoms. The molecule has 0 aliphatic carbocycles. The van der Waals surface area contributed by atoms with Crippen molar-refractivity contribution in [1.29, 1.82) is 0 Å². The lowest BCUT2D eigenvalue weighted by atomic mass is 9.94. The Bertz CT molecular complexity index is 1410. The molecule has 0 spiro atoms. The fourth-order valence-corrected chi connectivity index (χ4v) is 4.19. The Morgan fingerprint density at radius 3 is 2.40 bits per heavy atom. The highest BCUT2D eigenvalue weighted by molar-refractivity contribution is 6.06. The molecule has 2 aromatic heterocycles. The minimum Gasteiger partial charge on any atom is -0.496 e. The molecule has 176 valence electrons. The van der Waals surface area contributed by atoms with Gasteiger partial charge in [-0.2, -0.15) is 4.98 Å². The second kappa shape index (κ2) is 9.30. The van der Waals surface area contributed by atoms with Gasteiger partial charge in [-0.25, -0.2) is 4.68 Å². The number of methoxy groups -OCH3 is 2. The lowest BCUT2D eigenvalue weighted by Crippen LogP contribution is -2.31. The van der Waals surface area contributed by atoms with Crippen molar-refractivity contribution in [2.75, 3.05) is 24.9 Å². The van der Waals surface area contributed by atoms with Gasteiger partial charge < -0.3 is 20.1 Å². The number of allylic oxidation sites excluding steroid dienone is 1. The van der Waals surface area contributed by atoms with Crippen molar-refractivity contribution in [2.45, 2.75) is 13.0 Å². The van der Waals surface area contributed by atoms with Gasteiger partial charge in [0.2, 0.25) is 5.95 Å². The molecule has 5 rings (SSSR count). The van der Waals surface area contributed by atoms with Gasteiger partial charge in [0.1, 0.15) is 17.5 Å². The summed E-state index contributed by atoms with van der Waals surface area (Å²) in [6, 6.07) is 18.0. The molecule has 9 heteroatoms. The summed E-state index contributed by atoms with van der Waals surface area (Å²) in [6.07, 6.45) is 3.38. The third-order valence-electron chi connectivity index (χ3n) is 5.82. The maximum atomic E-state index is 13.7. The van der Waals surface area contributed by atoms with E-state index in [2.05, 4.69) is 15.6 Å². The topological polar surface area (TPSA) is 103 Å². The lowest BCUT2D eigenvalue weighted by Gasteiger charge is -2.29. The fourth-order valence-electron chi connectivity index (χ4n) is 4.19. The molecular weight excluding hydrogens is 444 g/mol. The average molecular weight is 469 g/mol. The molecule has 3 heterocycles. The summed E-state index contributed by atoms with van der Waals surface area (Å²) in [6.45, 7) is 1.85. The molecule has 1 unspecified atom stereocenters. The van der Waals surface area contributed by atoms with Crippen LogP contribution < -0.4 is 20.1 Å². The van der Waals surface area contributed by atoms with Crippen molar-refractivity contribution in [3.05, 3.63) is 89.9 Å². The molecule has 2 aromatic carbocycles. The Morgan fingerprint density at radius 1 is 0.971 bits per heavy atom. The summed E-state index contributed by atoms with van der Waals surface area (Å²) < 4.78 is 12.8. The summed E-state index contributed by atoms with van der Waals surface area (Å²) in [4.78, 5) is 22.5. The quantitative estimate of drug-likeness (QED) is 0.435. The Labute approximate surface area is 202 Å². The van der Waals surface area contributed by atoms with Crippen LogP contribution in [0.25, 0.3) is 11.4 Å². The predicted octanol–water partition coefficient (Wildman–Crippen LogP) is 4.28. The maximum Gasteiger partial charge on any atom is 0.255 e. The second-order valence-corrected chi connectivity index (χ2v) is 7.90. The zero-order chi connectivity index (χ0) is 24.4. The molecule has 0 saturated carbocycles. The molecule has 1 amide bonds. The second-order valence-electron chi connectivity index (χ2n) is 7.90. The van der Waals surface area contributed by atoms with Crippen LogP contribution in [0.1, 0.15) is 18.5 Å². The summed E-state index contributed by atoms with van der Waals surface area (Å²) in [5.74, 6) is 1.97. The van der Waals surface area contributed by atoms with E-state index < -0.39 is 6.04 Å². The van der Waals surface area contributed by atoms with Crippen molar-refractivity contribution < 1.29 is 14.3 Å². The minimum atomic E-state index is -0.583. The number of para-hydroxylation sites is 3. The highest BCUT2D eigenvalue weighted by Gasteiger charge is 2.36. The lowest BCUT2D eigenvalue weighted by molar-refractivity contribution is -0.113. The molecule has 1 aliphatic heterocycles. The van der Waals surface area contributed by atoms with E-state index in [1.807, 2.05) is 55.5 Å². The van der Waals surface area contributed by atoms with E-state index >= 15 is 0 Å². The molecule has 1 aliphatic rings. The van der Waals surface area contributed by atoms with Crippen LogP contribution in [0, 0.1) is 0 Å². The van der Waals surface area contributed by atoms with Crippen molar-refractivity contribution in [2.24, 2.45) is 0 Å². The predicted molar refractivity (Wildman–Crippen MR) is 132 cm³/mol. The molecule has 4 aromatic rings. The summed E-state index contributed by atoms with van der Waals surface area (Å²) in [7, 11) is 3.17. The number of amides is 1. The van der Waals surface area contributed by atoms with Crippen LogP contribution in [0.15, 0.2) is 84.3 Å². The van der Waals surface area contributed by atoms with Crippen LogP contribution in [0.3, 0.4) is 0 Å². The first-order chi connectivity index (χ1) is 17.1. The van der Waals surface area contributed by atoms with Gasteiger partial charge in [-0.15, -0.1) is 5.10 Å². The fraction of sp³-hybridized carbons (Fsp3) is 0.154. The van der Waals surface area contributed by atoms with E-state index in [0.717, 1.165) is 11.1 Å². The monoisotopic (exact) mass is 468 g/mol. The maximum absolute atomic E-state index is 13.7. The van der Waals surface area contributed by atoms with E-state index in [1.54, 1.807) is 43.4 Å². The van der Waals surface area contributed by atoms with Crippen LogP contribution in [0.4, 0.5) is 11.6 Å². The molecule has 1 atom stereocenters. The number of fused-ring (bicyclic) bond motifs is 1. The van der Waals surface area contributed by atoms with Gasteiger partial charge >= 0.3 is 0 Å². The van der Waals surface area contributed by atoms with Crippen molar-refractivity contribution in [1.82, 2.24) is 19.7 Å². The molecular formula is C26H24N6O3. The number of benzene rings is 2. The zero-order valence-corrected chi connectivity index (χ0v) is 19.5. The number of aromatic nitrogens is 4. The Hall–Kier alpha value is -4.66. The molecule has 0 radical (unpaired) electrons. The van der Waals surface area contributed by atoms with Crippen molar-refractivity contribution in [3.63, 3.8) is 0 Å². The SMILES string of the molecule is COc1ccccc1NC(=O)C1=C(C)Nc2nc(-c3ccncc3)nn2C1c1ccccc1OC. The highest BCUT2D eigenvalue weighted by Crippen LogP contribution is 2.40. The smallest absolute Gasteiger partial charge is 0.255 e. The number of ether oxygens (including phenoxy) is 2. The van der Waals surface area contributed by atoms with E-state index in [4.69, 9.17) is 19.6 Å². The molecule has 0 saturated heterocycles.